The van der Waals surface area contributed by atoms with E-state index in [4.69, 9.17) is 9.47 Å². The average molecular weight is 370 g/mol. The lowest BCUT2D eigenvalue weighted by Gasteiger charge is -2.36. The average Bonchev–Trinajstić information content (AvgIpc) is 2.64. The van der Waals surface area contributed by atoms with Crippen molar-refractivity contribution in [2.24, 2.45) is 4.99 Å². The van der Waals surface area contributed by atoms with E-state index in [-0.39, 0.29) is 16.7 Å². The second-order valence-electron chi connectivity index (χ2n) is 6.19. The Morgan fingerprint density at radius 2 is 2.00 bits per heavy atom. The van der Waals surface area contributed by atoms with Crippen LogP contribution >= 0.6 is 11.8 Å². The molecule has 1 aliphatic rings. The second-order valence-corrected chi connectivity index (χ2v) is 7.46. The van der Waals surface area contributed by atoms with Crippen molar-refractivity contribution in [1.82, 2.24) is 10.6 Å². The van der Waals surface area contributed by atoms with Crippen LogP contribution in [0.3, 0.4) is 0 Å². The molecular formula is C18H28FN3O2S. The topological polar surface area (TPSA) is 54.9 Å². The van der Waals surface area contributed by atoms with Gasteiger partial charge >= 0.3 is 0 Å². The molecule has 25 heavy (non-hydrogen) atoms. The van der Waals surface area contributed by atoms with Crippen LogP contribution in [0.15, 0.2) is 29.3 Å². The van der Waals surface area contributed by atoms with Crippen molar-refractivity contribution in [3.05, 3.63) is 30.1 Å². The summed E-state index contributed by atoms with van der Waals surface area (Å²) in [7, 11) is 1.76. The molecule has 1 aromatic rings. The Labute approximate surface area is 153 Å². The van der Waals surface area contributed by atoms with Crippen molar-refractivity contribution in [3.8, 4) is 5.75 Å². The van der Waals surface area contributed by atoms with Crippen molar-refractivity contribution < 1.29 is 13.9 Å². The first-order valence-corrected chi connectivity index (χ1v) is 9.79. The molecule has 0 bridgehead atoms. The summed E-state index contributed by atoms with van der Waals surface area (Å²) in [4.78, 5) is 4.28. The molecule has 1 atom stereocenters. The molecule has 0 spiro atoms. The number of nitrogens with zero attached hydrogens (tertiary/aromatic N) is 1. The van der Waals surface area contributed by atoms with E-state index in [1.54, 1.807) is 19.2 Å². The monoisotopic (exact) mass is 369 g/mol. The normalized spacial score (nSPS) is 18.5. The number of aliphatic imine (C=N–C) groups is 1. The van der Waals surface area contributed by atoms with E-state index in [1.165, 1.54) is 12.1 Å². The molecule has 1 heterocycles. The number of ether oxygens (including phenoxy) is 2. The second kappa shape index (κ2) is 9.87. The van der Waals surface area contributed by atoms with Gasteiger partial charge in [0.1, 0.15) is 17.7 Å². The third-order valence-corrected chi connectivity index (χ3v) is 5.77. The lowest BCUT2D eigenvalue weighted by Crippen LogP contribution is -2.49. The van der Waals surface area contributed by atoms with E-state index in [1.807, 2.05) is 18.7 Å². The van der Waals surface area contributed by atoms with Gasteiger partial charge in [0.2, 0.25) is 0 Å². The van der Waals surface area contributed by atoms with Crippen molar-refractivity contribution >= 4 is 17.7 Å². The fourth-order valence-electron chi connectivity index (χ4n) is 2.69. The summed E-state index contributed by atoms with van der Waals surface area (Å²) in [6, 6.07) is 6.05. The maximum absolute atomic E-state index is 12.9. The molecule has 0 amide bonds. The van der Waals surface area contributed by atoms with Crippen LogP contribution in [-0.4, -0.2) is 56.4 Å². The third kappa shape index (κ3) is 6.40. The fraction of sp³-hybridized carbons (Fsp3) is 0.611. The van der Waals surface area contributed by atoms with Gasteiger partial charge in [-0.15, -0.1) is 0 Å². The van der Waals surface area contributed by atoms with Crippen LogP contribution in [0.1, 0.15) is 19.8 Å². The van der Waals surface area contributed by atoms with Crippen molar-refractivity contribution in [2.45, 2.75) is 30.6 Å². The number of thioether (sulfide) groups is 1. The van der Waals surface area contributed by atoms with Gasteiger partial charge in [0.05, 0.1) is 6.54 Å². The van der Waals surface area contributed by atoms with Gasteiger partial charge in [-0.3, -0.25) is 4.99 Å². The summed E-state index contributed by atoms with van der Waals surface area (Å²) in [6.07, 6.45) is 4.17. The first-order valence-electron chi connectivity index (χ1n) is 8.56. The Morgan fingerprint density at radius 1 is 1.32 bits per heavy atom. The van der Waals surface area contributed by atoms with E-state index in [9.17, 15) is 4.39 Å². The molecule has 5 nitrogen and oxygen atoms in total. The van der Waals surface area contributed by atoms with Crippen molar-refractivity contribution in [3.63, 3.8) is 0 Å². The maximum Gasteiger partial charge on any atom is 0.191 e. The number of benzene rings is 1. The SMILES string of the molecule is CN=C(NCC(C)Oc1ccc(F)cc1)NCC1(SC)CCOCC1. The highest BCUT2D eigenvalue weighted by Crippen LogP contribution is 2.32. The van der Waals surface area contributed by atoms with Gasteiger partial charge in [-0.05, 0) is 50.3 Å². The Morgan fingerprint density at radius 3 is 2.60 bits per heavy atom. The highest BCUT2D eigenvalue weighted by Gasteiger charge is 2.31. The number of nitrogens with one attached hydrogen (secondary N) is 2. The third-order valence-electron chi connectivity index (χ3n) is 4.35. The molecule has 2 N–H and O–H groups in total. The molecule has 1 saturated heterocycles. The van der Waals surface area contributed by atoms with Gasteiger partial charge in [-0.1, -0.05) is 0 Å². The predicted octanol–water partition coefficient (Wildman–Crippen LogP) is 2.67. The van der Waals surface area contributed by atoms with E-state index in [2.05, 4.69) is 21.9 Å². The van der Waals surface area contributed by atoms with Gasteiger partial charge in [-0.25, -0.2) is 4.39 Å². The number of guanidine groups is 1. The Kier molecular flexibility index (Phi) is 7.84. The van der Waals surface area contributed by atoms with Gasteiger partial charge in [0.25, 0.3) is 0 Å². The van der Waals surface area contributed by atoms with Crippen LogP contribution in [0, 0.1) is 5.82 Å². The summed E-state index contributed by atoms with van der Waals surface area (Å²) in [6.45, 7) is 5.05. The lowest BCUT2D eigenvalue weighted by atomic mass is 9.99. The zero-order valence-corrected chi connectivity index (χ0v) is 16.0. The van der Waals surface area contributed by atoms with Crippen LogP contribution < -0.4 is 15.4 Å². The zero-order valence-electron chi connectivity index (χ0n) is 15.2. The Balaban J connectivity index is 1.76. The van der Waals surface area contributed by atoms with E-state index in [0.717, 1.165) is 38.6 Å². The minimum atomic E-state index is -0.265. The molecule has 0 aromatic heterocycles. The standard InChI is InChI=1S/C18H28FN3O2S/c1-14(24-16-6-4-15(19)5-7-16)12-21-17(20-2)22-13-18(25-3)8-10-23-11-9-18/h4-7,14H,8-13H2,1-3H3,(H2,20,21,22). The smallest absolute Gasteiger partial charge is 0.191 e. The molecule has 1 fully saturated rings. The molecule has 1 aromatic carbocycles. The highest BCUT2D eigenvalue weighted by molar-refractivity contribution is 8.00. The molecule has 0 radical (unpaired) electrons. The van der Waals surface area contributed by atoms with E-state index < -0.39 is 0 Å². The Bertz CT molecular complexity index is 548. The fourth-order valence-corrected chi connectivity index (χ4v) is 3.48. The molecule has 1 aliphatic heterocycles. The van der Waals surface area contributed by atoms with Crippen LogP contribution in [0.4, 0.5) is 4.39 Å². The van der Waals surface area contributed by atoms with Crippen LogP contribution in [0.25, 0.3) is 0 Å². The van der Waals surface area contributed by atoms with Gasteiger partial charge in [0.15, 0.2) is 5.96 Å². The molecule has 2 rings (SSSR count). The van der Waals surface area contributed by atoms with Crippen LogP contribution in [0.5, 0.6) is 5.75 Å². The zero-order chi connectivity index (χ0) is 18.1. The van der Waals surface area contributed by atoms with E-state index >= 15 is 0 Å². The Hall–Kier alpha value is -1.47. The number of halogens is 1. The van der Waals surface area contributed by atoms with E-state index in [0.29, 0.717) is 12.3 Å². The van der Waals surface area contributed by atoms with Gasteiger partial charge < -0.3 is 20.1 Å². The molecule has 7 heteroatoms. The van der Waals surface area contributed by atoms with Gasteiger partial charge in [-0.2, -0.15) is 11.8 Å². The minimum Gasteiger partial charge on any atom is -0.489 e. The molecular weight excluding hydrogens is 341 g/mol. The van der Waals surface area contributed by atoms with Crippen LogP contribution in [-0.2, 0) is 4.74 Å². The summed E-state index contributed by atoms with van der Waals surface area (Å²) >= 11 is 1.89. The lowest BCUT2D eigenvalue weighted by molar-refractivity contribution is 0.0782. The number of rotatable bonds is 7. The van der Waals surface area contributed by atoms with Gasteiger partial charge in [0, 0.05) is 31.6 Å². The number of hydrogen-bond donors (Lipinski definition) is 2. The van der Waals surface area contributed by atoms with Crippen molar-refractivity contribution in [1.29, 1.82) is 0 Å². The first kappa shape index (κ1) is 19.8. The maximum atomic E-state index is 12.9. The summed E-state index contributed by atoms with van der Waals surface area (Å²) in [5.41, 5.74) is 0. The molecule has 0 saturated carbocycles. The largest absolute Gasteiger partial charge is 0.489 e. The highest BCUT2D eigenvalue weighted by atomic mass is 32.2. The first-order chi connectivity index (χ1) is 12.1. The minimum absolute atomic E-state index is 0.0680. The molecule has 0 aliphatic carbocycles. The molecule has 140 valence electrons. The quantitative estimate of drug-likeness (QED) is 0.572. The summed E-state index contributed by atoms with van der Waals surface area (Å²) < 4.78 is 24.4. The molecule has 1 unspecified atom stereocenters. The summed E-state index contributed by atoms with van der Waals surface area (Å²) in [5, 5.41) is 6.70. The predicted molar refractivity (Wildman–Crippen MR) is 102 cm³/mol. The number of hydrogen-bond acceptors (Lipinski definition) is 4. The van der Waals surface area contributed by atoms with Crippen LogP contribution in [0.2, 0.25) is 0 Å². The van der Waals surface area contributed by atoms with Crippen molar-refractivity contribution in [2.75, 3.05) is 39.6 Å². The summed E-state index contributed by atoms with van der Waals surface area (Å²) in [5.74, 6) is 1.15.